The van der Waals surface area contributed by atoms with Crippen molar-refractivity contribution in [2.45, 2.75) is 45.6 Å². The molecular formula is C18H24N2O3. The van der Waals surface area contributed by atoms with E-state index in [0.29, 0.717) is 25.9 Å². The van der Waals surface area contributed by atoms with Crippen molar-refractivity contribution in [3.63, 3.8) is 0 Å². The van der Waals surface area contributed by atoms with Gasteiger partial charge < -0.3 is 15.0 Å². The fraction of sp³-hybridized carbons (Fsp3) is 0.556. The van der Waals surface area contributed by atoms with E-state index in [2.05, 4.69) is 11.4 Å². The van der Waals surface area contributed by atoms with Gasteiger partial charge in [-0.2, -0.15) is 0 Å². The third-order valence-electron chi connectivity index (χ3n) is 4.65. The second-order valence-electron chi connectivity index (χ2n) is 7.54. The molecular weight excluding hydrogens is 292 g/mol. The van der Waals surface area contributed by atoms with E-state index in [9.17, 15) is 9.59 Å². The number of rotatable bonds is 0. The number of piperidine rings is 1. The smallest absolute Gasteiger partial charge is 0.410 e. The van der Waals surface area contributed by atoms with Crippen LogP contribution in [0.2, 0.25) is 0 Å². The SMILES string of the molecule is CC(C)(C)OC(=O)N1CCC2(CC1)Cc1ccccc1NC2=O. The highest BCUT2D eigenvalue weighted by molar-refractivity contribution is 5.98. The summed E-state index contributed by atoms with van der Waals surface area (Å²) in [5.41, 5.74) is 1.20. The Bertz CT molecular complexity index is 625. The van der Waals surface area contributed by atoms with Crippen LogP contribution in [-0.4, -0.2) is 35.6 Å². The van der Waals surface area contributed by atoms with Gasteiger partial charge in [0.05, 0.1) is 5.41 Å². The molecule has 2 heterocycles. The minimum absolute atomic E-state index is 0.0834. The number of nitrogens with zero attached hydrogens (tertiary/aromatic N) is 1. The second-order valence-corrected chi connectivity index (χ2v) is 7.54. The van der Waals surface area contributed by atoms with Crippen molar-refractivity contribution in [2.24, 2.45) is 5.41 Å². The fourth-order valence-electron chi connectivity index (χ4n) is 3.34. The molecule has 0 aromatic heterocycles. The van der Waals surface area contributed by atoms with Crippen LogP contribution in [-0.2, 0) is 16.0 Å². The van der Waals surface area contributed by atoms with Crippen LogP contribution in [0.3, 0.4) is 0 Å². The lowest BCUT2D eigenvalue weighted by Gasteiger charge is -2.43. The molecule has 1 spiro atoms. The molecule has 5 heteroatoms. The number of fused-ring (bicyclic) bond motifs is 1. The second kappa shape index (κ2) is 5.55. The predicted molar refractivity (Wildman–Crippen MR) is 88.2 cm³/mol. The molecule has 2 aliphatic rings. The first kappa shape index (κ1) is 15.8. The Labute approximate surface area is 137 Å². The van der Waals surface area contributed by atoms with Crippen LogP contribution in [0.25, 0.3) is 0 Å². The highest BCUT2D eigenvalue weighted by Crippen LogP contribution is 2.41. The summed E-state index contributed by atoms with van der Waals surface area (Å²) in [6.45, 7) is 6.71. The monoisotopic (exact) mass is 316 g/mol. The number of amides is 2. The van der Waals surface area contributed by atoms with Crippen LogP contribution >= 0.6 is 0 Å². The first-order valence-electron chi connectivity index (χ1n) is 8.16. The van der Waals surface area contributed by atoms with E-state index in [1.54, 1.807) is 4.90 Å². The summed E-state index contributed by atoms with van der Waals surface area (Å²) in [5.74, 6) is 0.0834. The number of hydrogen-bond donors (Lipinski definition) is 1. The molecule has 2 amide bonds. The van der Waals surface area contributed by atoms with Crippen molar-refractivity contribution < 1.29 is 14.3 Å². The standard InChI is InChI=1S/C18H24N2O3/c1-17(2,3)23-16(22)20-10-8-18(9-11-20)12-13-6-4-5-7-14(13)19-15(18)21/h4-7H,8-12H2,1-3H3,(H,19,21). The van der Waals surface area contributed by atoms with Crippen molar-refractivity contribution in [1.29, 1.82) is 0 Å². The molecule has 23 heavy (non-hydrogen) atoms. The first-order chi connectivity index (χ1) is 10.8. The molecule has 1 aromatic carbocycles. The zero-order valence-electron chi connectivity index (χ0n) is 14.0. The van der Waals surface area contributed by atoms with Gasteiger partial charge in [0.2, 0.25) is 5.91 Å². The summed E-state index contributed by atoms with van der Waals surface area (Å²) in [5, 5.41) is 3.03. The topological polar surface area (TPSA) is 58.6 Å². The number of para-hydroxylation sites is 1. The van der Waals surface area contributed by atoms with Gasteiger partial charge in [-0.3, -0.25) is 4.79 Å². The van der Waals surface area contributed by atoms with Crippen LogP contribution in [0, 0.1) is 5.41 Å². The molecule has 1 saturated heterocycles. The van der Waals surface area contributed by atoms with Crippen LogP contribution < -0.4 is 5.32 Å². The lowest BCUT2D eigenvalue weighted by Crippen LogP contribution is -2.51. The van der Waals surface area contributed by atoms with Gasteiger partial charge in [-0.15, -0.1) is 0 Å². The number of hydrogen-bond acceptors (Lipinski definition) is 3. The average Bonchev–Trinajstić information content (AvgIpc) is 2.47. The third-order valence-corrected chi connectivity index (χ3v) is 4.65. The van der Waals surface area contributed by atoms with Gasteiger partial charge >= 0.3 is 6.09 Å². The quantitative estimate of drug-likeness (QED) is 0.799. The fourth-order valence-corrected chi connectivity index (χ4v) is 3.34. The summed E-state index contributed by atoms with van der Waals surface area (Å²) in [7, 11) is 0. The highest BCUT2D eigenvalue weighted by atomic mass is 16.6. The Morgan fingerprint density at radius 1 is 1.22 bits per heavy atom. The Morgan fingerprint density at radius 2 is 1.87 bits per heavy atom. The Hall–Kier alpha value is -2.04. The first-order valence-corrected chi connectivity index (χ1v) is 8.16. The average molecular weight is 316 g/mol. The molecule has 0 unspecified atom stereocenters. The van der Waals surface area contributed by atoms with E-state index in [4.69, 9.17) is 4.74 Å². The number of anilines is 1. The molecule has 0 radical (unpaired) electrons. The van der Waals surface area contributed by atoms with E-state index < -0.39 is 11.0 Å². The molecule has 0 bridgehead atoms. The minimum atomic E-state index is -0.493. The van der Waals surface area contributed by atoms with E-state index >= 15 is 0 Å². The van der Waals surface area contributed by atoms with Crippen molar-refractivity contribution in [3.8, 4) is 0 Å². The van der Waals surface area contributed by atoms with Gasteiger partial charge in [0.1, 0.15) is 5.60 Å². The van der Waals surface area contributed by atoms with Crippen molar-refractivity contribution in [3.05, 3.63) is 29.8 Å². The molecule has 0 aliphatic carbocycles. The Balaban J connectivity index is 1.69. The molecule has 1 N–H and O–H groups in total. The van der Waals surface area contributed by atoms with Gasteiger partial charge in [-0.1, -0.05) is 18.2 Å². The van der Waals surface area contributed by atoms with Gasteiger partial charge in [0.15, 0.2) is 0 Å². The molecule has 5 nitrogen and oxygen atoms in total. The highest BCUT2D eigenvalue weighted by Gasteiger charge is 2.45. The van der Waals surface area contributed by atoms with Gasteiger partial charge in [-0.05, 0) is 51.7 Å². The lowest BCUT2D eigenvalue weighted by atomic mass is 9.71. The van der Waals surface area contributed by atoms with Crippen molar-refractivity contribution in [1.82, 2.24) is 4.90 Å². The van der Waals surface area contributed by atoms with Crippen LogP contribution in [0.4, 0.5) is 10.5 Å². The number of carbonyl (C=O) groups excluding carboxylic acids is 2. The molecule has 0 atom stereocenters. The minimum Gasteiger partial charge on any atom is -0.444 e. The predicted octanol–water partition coefficient (Wildman–Crippen LogP) is 3.20. The van der Waals surface area contributed by atoms with Gasteiger partial charge in [-0.25, -0.2) is 4.79 Å². The lowest BCUT2D eigenvalue weighted by molar-refractivity contribution is -0.128. The molecule has 1 fully saturated rings. The maximum absolute atomic E-state index is 12.6. The zero-order valence-corrected chi connectivity index (χ0v) is 14.0. The summed E-state index contributed by atoms with van der Waals surface area (Å²) in [6.07, 6.45) is 1.81. The number of likely N-dealkylation sites (tertiary alicyclic amines) is 1. The van der Waals surface area contributed by atoms with E-state index in [1.165, 1.54) is 5.56 Å². The van der Waals surface area contributed by atoms with Crippen LogP contribution in [0.15, 0.2) is 24.3 Å². The molecule has 1 aromatic rings. The van der Waals surface area contributed by atoms with Crippen LogP contribution in [0.5, 0.6) is 0 Å². The van der Waals surface area contributed by atoms with Gasteiger partial charge in [0.25, 0.3) is 0 Å². The third kappa shape index (κ3) is 3.19. The largest absolute Gasteiger partial charge is 0.444 e. The maximum atomic E-state index is 12.6. The number of nitrogens with one attached hydrogen (secondary N) is 1. The van der Waals surface area contributed by atoms with E-state index in [0.717, 1.165) is 12.1 Å². The number of benzene rings is 1. The van der Waals surface area contributed by atoms with Crippen LogP contribution in [0.1, 0.15) is 39.2 Å². The summed E-state index contributed by atoms with van der Waals surface area (Å²) in [4.78, 5) is 26.5. The number of ether oxygens (including phenoxy) is 1. The van der Waals surface area contributed by atoms with E-state index in [-0.39, 0.29) is 12.0 Å². The maximum Gasteiger partial charge on any atom is 0.410 e. The van der Waals surface area contributed by atoms with Crippen molar-refractivity contribution in [2.75, 3.05) is 18.4 Å². The molecule has 3 rings (SSSR count). The van der Waals surface area contributed by atoms with Crippen molar-refractivity contribution >= 4 is 17.7 Å². The zero-order chi connectivity index (χ0) is 16.7. The number of carbonyl (C=O) groups is 2. The molecule has 0 saturated carbocycles. The molecule has 124 valence electrons. The summed E-state index contributed by atoms with van der Waals surface area (Å²) >= 11 is 0. The molecule has 2 aliphatic heterocycles. The summed E-state index contributed by atoms with van der Waals surface area (Å²) < 4.78 is 5.42. The normalized spacial score (nSPS) is 20.0. The Kier molecular flexibility index (Phi) is 3.82. The summed E-state index contributed by atoms with van der Waals surface area (Å²) in [6, 6.07) is 7.94. The van der Waals surface area contributed by atoms with Gasteiger partial charge in [0, 0.05) is 18.8 Å². The van der Waals surface area contributed by atoms with E-state index in [1.807, 2.05) is 39.0 Å². The Morgan fingerprint density at radius 3 is 2.52 bits per heavy atom.